The molecule has 0 aromatic carbocycles. The molecule has 0 unspecified atom stereocenters. The molecule has 1 amide bonds. The Hall–Kier alpha value is -1.40. The van der Waals surface area contributed by atoms with Crippen molar-refractivity contribution in [3.05, 3.63) is 18.2 Å². The Bertz CT molecular complexity index is 566. The van der Waals surface area contributed by atoms with Gasteiger partial charge in [-0.25, -0.2) is 4.98 Å². The van der Waals surface area contributed by atoms with Crippen LogP contribution >= 0.6 is 0 Å². The summed E-state index contributed by atoms with van der Waals surface area (Å²) in [6.07, 6.45) is 6.72. The number of hydrogen-bond acceptors (Lipinski definition) is 4. The van der Waals surface area contributed by atoms with Crippen molar-refractivity contribution in [2.75, 3.05) is 19.8 Å². The average molecular weight is 335 g/mol. The Kier molecular flexibility index (Phi) is 5.25. The summed E-state index contributed by atoms with van der Waals surface area (Å²) in [6.45, 7) is 8.86. The lowest BCUT2D eigenvalue weighted by Crippen LogP contribution is -2.43. The standard InChI is InChI=1S/C18H29N3O3/c1-4-21-9-8-19-16(21)15-14(7-10-23-15)17(22)20-12-18(2,3)24-11-13-5-6-13/h8-9,13-15H,4-7,10-12H2,1-3H3,(H,20,22)/t14-,15-/m1/s1. The van der Waals surface area contributed by atoms with Gasteiger partial charge in [0.15, 0.2) is 0 Å². The van der Waals surface area contributed by atoms with Crippen molar-refractivity contribution in [2.24, 2.45) is 11.8 Å². The maximum atomic E-state index is 12.7. The molecule has 1 saturated heterocycles. The summed E-state index contributed by atoms with van der Waals surface area (Å²) in [4.78, 5) is 17.1. The van der Waals surface area contributed by atoms with Gasteiger partial charge in [-0.2, -0.15) is 0 Å². The highest BCUT2D eigenvalue weighted by Gasteiger charge is 2.38. The molecular weight excluding hydrogens is 306 g/mol. The number of nitrogens with one attached hydrogen (secondary N) is 1. The second-order valence-electron chi connectivity index (χ2n) is 7.49. The third-order valence-electron chi connectivity index (χ3n) is 4.87. The van der Waals surface area contributed by atoms with Crippen LogP contribution in [-0.2, 0) is 20.8 Å². The topological polar surface area (TPSA) is 65.4 Å². The van der Waals surface area contributed by atoms with Crippen LogP contribution in [0.25, 0.3) is 0 Å². The van der Waals surface area contributed by atoms with Gasteiger partial charge in [0, 0.05) is 32.1 Å². The molecule has 0 radical (unpaired) electrons. The largest absolute Gasteiger partial charge is 0.373 e. The van der Waals surface area contributed by atoms with Gasteiger partial charge in [-0.05, 0) is 46.0 Å². The fourth-order valence-electron chi connectivity index (χ4n) is 3.07. The summed E-state index contributed by atoms with van der Waals surface area (Å²) in [5.74, 6) is 1.42. The smallest absolute Gasteiger partial charge is 0.226 e. The van der Waals surface area contributed by atoms with Gasteiger partial charge < -0.3 is 19.4 Å². The van der Waals surface area contributed by atoms with Gasteiger partial charge in [-0.15, -0.1) is 0 Å². The fourth-order valence-corrected chi connectivity index (χ4v) is 3.07. The van der Waals surface area contributed by atoms with E-state index in [2.05, 4.69) is 17.2 Å². The number of aromatic nitrogens is 2. The monoisotopic (exact) mass is 335 g/mol. The molecule has 1 saturated carbocycles. The number of carbonyl (C=O) groups is 1. The molecule has 3 rings (SSSR count). The molecule has 1 aromatic rings. The van der Waals surface area contributed by atoms with E-state index in [1.807, 2.05) is 24.6 Å². The maximum Gasteiger partial charge on any atom is 0.226 e. The SMILES string of the molecule is CCn1ccnc1[C@@H]1OCC[C@H]1C(=O)NCC(C)(C)OCC1CC1. The predicted octanol–water partition coefficient (Wildman–Crippen LogP) is 2.30. The van der Waals surface area contributed by atoms with E-state index in [1.165, 1.54) is 12.8 Å². The Balaban J connectivity index is 1.55. The lowest BCUT2D eigenvalue weighted by molar-refractivity contribution is -0.128. The first-order valence-corrected chi connectivity index (χ1v) is 9.04. The number of carbonyl (C=O) groups excluding carboxylic acids is 1. The molecule has 6 nitrogen and oxygen atoms in total. The second kappa shape index (κ2) is 7.23. The van der Waals surface area contributed by atoms with Crippen LogP contribution in [0.15, 0.2) is 12.4 Å². The van der Waals surface area contributed by atoms with Gasteiger partial charge in [0.25, 0.3) is 0 Å². The molecule has 6 heteroatoms. The van der Waals surface area contributed by atoms with E-state index in [0.717, 1.165) is 31.3 Å². The molecule has 2 atom stereocenters. The first-order valence-electron chi connectivity index (χ1n) is 9.04. The molecule has 24 heavy (non-hydrogen) atoms. The molecule has 2 aliphatic rings. The van der Waals surface area contributed by atoms with Gasteiger partial charge in [0.05, 0.1) is 18.1 Å². The van der Waals surface area contributed by atoms with Crippen molar-refractivity contribution in [2.45, 2.75) is 58.3 Å². The number of rotatable bonds is 8. The minimum Gasteiger partial charge on any atom is -0.373 e. The third-order valence-corrected chi connectivity index (χ3v) is 4.87. The van der Waals surface area contributed by atoms with E-state index in [1.54, 1.807) is 6.20 Å². The van der Waals surface area contributed by atoms with Crippen LogP contribution in [0.5, 0.6) is 0 Å². The van der Waals surface area contributed by atoms with Crippen molar-refractivity contribution >= 4 is 5.91 Å². The van der Waals surface area contributed by atoms with Crippen LogP contribution in [0.1, 0.15) is 52.0 Å². The molecule has 1 aromatic heterocycles. The van der Waals surface area contributed by atoms with E-state index in [-0.39, 0.29) is 23.5 Å². The minimum atomic E-state index is -0.338. The highest BCUT2D eigenvalue weighted by Crippen LogP contribution is 2.34. The number of amides is 1. The van der Waals surface area contributed by atoms with Crippen molar-refractivity contribution in [3.63, 3.8) is 0 Å². The van der Waals surface area contributed by atoms with E-state index >= 15 is 0 Å². The third kappa shape index (κ3) is 4.16. The number of nitrogens with zero attached hydrogens (tertiary/aromatic N) is 2. The zero-order chi connectivity index (χ0) is 17.2. The minimum absolute atomic E-state index is 0.0336. The van der Waals surface area contributed by atoms with Crippen molar-refractivity contribution in [1.29, 1.82) is 0 Å². The molecule has 2 fully saturated rings. The Morgan fingerprint density at radius 3 is 2.96 bits per heavy atom. The molecule has 134 valence electrons. The number of imidazole rings is 1. The summed E-state index contributed by atoms with van der Waals surface area (Å²) >= 11 is 0. The highest BCUT2D eigenvalue weighted by molar-refractivity contribution is 5.79. The number of aryl methyl sites for hydroxylation is 1. The van der Waals surface area contributed by atoms with E-state index in [9.17, 15) is 4.79 Å². The van der Waals surface area contributed by atoms with E-state index in [4.69, 9.17) is 9.47 Å². The summed E-state index contributed by atoms with van der Waals surface area (Å²) in [5, 5.41) is 3.06. The maximum absolute atomic E-state index is 12.7. The van der Waals surface area contributed by atoms with Crippen LogP contribution in [0.4, 0.5) is 0 Å². The van der Waals surface area contributed by atoms with E-state index < -0.39 is 0 Å². The van der Waals surface area contributed by atoms with Gasteiger partial charge in [0.2, 0.25) is 5.91 Å². The fraction of sp³-hybridized carbons (Fsp3) is 0.778. The van der Waals surface area contributed by atoms with Crippen LogP contribution in [0, 0.1) is 11.8 Å². The number of ether oxygens (including phenoxy) is 2. The summed E-state index contributed by atoms with van der Waals surface area (Å²) in [5.41, 5.74) is -0.338. The zero-order valence-corrected chi connectivity index (χ0v) is 15.0. The molecule has 1 aliphatic heterocycles. The molecule has 1 N–H and O–H groups in total. The van der Waals surface area contributed by atoms with Gasteiger partial charge in [0.1, 0.15) is 11.9 Å². The summed E-state index contributed by atoms with van der Waals surface area (Å²) < 4.78 is 13.8. The molecule has 0 spiro atoms. The molecule has 1 aliphatic carbocycles. The number of hydrogen-bond donors (Lipinski definition) is 1. The van der Waals surface area contributed by atoms with Crippen molar-refractivity contribution in [3.8, 4) is 0 Å². The Labute approximate surface area is 143 Å². The second-order valence-corrected chi connectivity index (χ2v) is 7.49. The lowest BCUT2D eigenvalue weighted by atomic mass is 9.99. The van der Waals surface area contributed by atoms with Crippen molar-refractivity contribution in [1.82, 2.24) is 14.9 Å². The lowest BCUT2D eigenvalue weighted by Gasteiger charge is -2.27. The first-order chi connectivity index (χ1) is 11.5. The molecular formula is C18H29N3O3. The molecule has 0 bridgehead atoms. The normalized spacial score (nSPS) is 24.3. The Morgan fingerprint density at radius 2 is 2.25 bits per heavy atom. The zero-order valence-electron chi connectivity index (χ0n) is 15.0. The highest BCUT2D eigenvalue weighted by atomic mass is 16.5. The van der Waals surface area contributed by atoms with Gasteiger partial charge in [-0.3, -0.25) is 4.79 Å². The quantitative estimate of drug-likeness (QED) is 0.792. The first kappa shape index (κ1) is 17.4. The predicted molar refractivity (Wildman–Crippen MR) is 90.5 cm³/mol. The Morgan fingerprint density at radius 1 is 1.46 bits per heavy atom. The summed E-state index contributed by atoms with van der Waals surface area (Å²) in [6, 6.07) is 0. The van der Waals surface area contributed by atoms with E-state index in [0.29, 0.717) is 13.2 Å². The van der Waals surface area contributed by atoms with Crippen molar-refractivity contribution < 1.29 is 14.3 Å². The average Bonchev–Trinajstić information content (AvgIpc) is 3.07. The van der Waals surface area contributed by atoms with Crippen LogP contribution in [0.3, 0.4) is 0 Å². The van der Waals surface area contributed by atoms with Crippen LogP contribution in [0.2, 0.25) is 0 Å². The molecule has 2 heterocycles. The van der Waals surface area contributed by atoms with Crippen LogP contribution < -0.4 is 5.32 Å². The van der Waals surface area contributed by atoms with Crippen LogP contribution in [-0.4, -0.2) is 40.8 Å². The van der Waals surface area contributed by atoms with Gasteiger partial charge >= 0.3 is 0 Å². The van der Waals surface area contributed by atoms with Gasteiger partial charge in [-0.1, -0.05) is 0 Å². The summed E-state index contributed by atoms with van der Waals surface area (Å²) in [7, 11) is 0.